The molecule has 1 spiro atoms. The molecule has 10 nitrogen and oxygen atoms in total. The number of nitrogens with one attached hydrogen (secondary N) is 3. The van der Waals surface area contributed by atoms with E-state index in [1.165, 1.54) is 5.56 Å². The van der Waals surface area contributed by atoms with Gasteiger partial charge in [-0.3, -0.25) is 14.5 Å². The quantitative estimate of drug-likeness (QED) is 0.148. The molecule has 2 atom stereocenters. The summed E-state index contributed by atoms with van der Waals surface area (Å²) in [6.45, 7) is 3.60. The first-order chi connectivity index (χ1) is 25.7. The molecule has 3 aromatic carbocycles. The van der Waals surface area contributed by atoms with Gasteiger partial charge in [0.2, 0.25) is 17.7 Å². The van der Waals surface area contributed by atoms with Crippen molar-refractivity contribution >= 4 is 35.0 Å². The van der Waals surface area contributed by atoms with Gasteiger partial charge in [-0.15, -0.1) is 0 Å². The number of amides is 2. The van der Waals surface area contributed by atoms with Gasteiger partial charge in [-0.05, 0) is 54.5 Å². The molecule has 8 rings (SSSR count). The molecule has 3 aliphatic heterocycles. The summed E-state index contributed by atoms with van der Waals surface area (Å²) < 4.78 is 18.1. The minimum Gasteiger partial charge on any atom is -0.496 e. The molecule has 1 aromatic heterocycles. The minimum absolute atomic E-state index is 0.0722. The second-order valence-corrected chi connectivity index (χ2v) is 15.3. The molecule has 0 radical (unpaired) electrons. The Balaban J connectivity index is 0.980. The first-order valence-electron chi connectivity index (χ1n) is 18.2. The standard InChI is InChI=1S/C41H43Cl2N5O5/c1-51-35-18-36(32(42)17-25(35)19-44-20-26-10-14-37(49)45-26)53-34-13-11-28-27(5-3-6-29(28)34)30-7-4-8-31(39(30)43)33-12-9-24(40(46-33)52-2)21-48-22-41(23-48)16-15-38(50)47-41/h3-9,12,17-18,26,34,44H,10-11,13-16,19-23H2,1-2H3,(H,45,49)(H,47,50)/t26-,34-/m0/s1. The maximum absolute atomic E-state index is 11.8. The van der Waals surface area contributed by atoms with Crippen LogP contribution in [0.1, 0.15) is 60.5 Å². The van der Waals surface area contributed by atoms with E-state index in [1.54, 1.807) is 14.2 Å². The van der Waals surface area contributed by atoms with Crippen LogP contribution in [0.4, 0.5) is 0 Å². The van der Waals surface area contributed by atoms with E-state index in [4.69, 9.17) is 42.4 Å². The third kappa shape index (κ3) is 7.17. The van der Waals surface area contributed by atoms with Gasteiger partial charge in [0.1, 0.15) is 17.6 Å². The summed E-state index contributed by atoms with van der Waals surface area (Å²) in [6, 6.07) is 20.3. The van der Waals surface area contributed by atoms with Crippen LogP contribution in [0, 0.1) is 0 Å². The second kappa shape index (κ2) is 14.8. The lowest BCUT2D eigenvalue weighted by Crippen LogP contribution is -2.66. The fourth-order valence-electron chi connectivity index (χ4n) is 8.38. The molecule has 3 saturated heterocycles. The van der Waals surface area contributed by atoms with Crippen LogP contribution in [0.5, 0.6) is 17.4 Å². The largest absolute Gasteiger partial charge is 0.496 e. The number of ether oxygens (including phenoxy) is 3. The lowest BCUT2D eigenvalue weighted by Gasteiger charge is -2.48. The molecule has 4 aromatic rings. The van der Waals surface area contributed by atoms with Crippen LogP contribution in [-0.2, 0) is 29.1 Å². The Kier molecular flexibility index (Phi) is 9.97. The second-order valence-electron chi connectivity index (χ2n) is 14.6. The molecule has 3 N–H and O–H groups in total. The van der Waals surface area contributed by atoms with Crippen molar-refractivity contribution in [1.82, 2.24) is 25.8 Å². The van der Waals surface area contributed by atoms with Gasteiger partial charge in [0.15, 0.2) is 0 Å². The summed E-state index contributed by atoms with van der Waals surface area (Å²) in [5, 5.41) is 10.7. The number of fused-ring (bicyclic) bond motifs is 1. The number of hydrogen-bond acceptors (Lipinski definition) is 8. The predicted octanol–water partition coefficient (Wildman–Crippen LogP) is 6.64. The van der Waals surface area contributed by atoms with Gasteiger partial charge in [-0.2, -0.15) is 0 Å². The first-order valence-corrected chi connectivity index (χ1v) is 19.0. The molecule has 53 heavy (non-hydrogen) atoms. The molecule has 4 heterocycles. The third-order valence-corrected chi connectivity index (χ3v) is 11.7. The minimum atomic E-state index is -0.186. The average Bonchev–Trinajstić information content (AvgIpc) is 3.87. The highest BCUT2D eigenvalue weighted by molar-refractivity contribution is 6.36. The Hall–Kier alpha value is -4.35. The van der Waals surface area contributed by atoms with Crippen LogP contribution in [0.2, 0.25) is 10.0 Å². The summed E-state index contributed by atoms with van der Waals surface area (Å²) >= 11 is 14.0. The van der Waals surface area contributed by atoms with Crippen LogP contribution in [0.3, 0.4) is 0 Å². The van der Waals surface area contributed by atoms with Gasteiger partial charge in [0, 0.05) is 79.9 Å². The van der Waals surface area contributed by atoms with Crippen LogP contribution in [0.15, 0.2) is 60.7 Å². The summed E-state index contributed by atoms with van der Waals surface area (Å²) in [5.41, 5.74) is 7.72. The van der Waals surface area contributed by atoms with Crippen molar-refractivity contribution in [2.24, 2.45) is 0 Å². The van der Waals surface area contributed by atoms with E-state index in [1.807, 2.05) is 30.3 Å². The normalized spacial score (nSPS) is 20.2. The number of carbonyl (C=O) groups is 2. The Bertz CT molecular complexity index is 2070. The lowest BCUT2D eigenvalue weighted by atomic mass is 9.88. The number of nitrogens with zero attached hydrogens (tertiary/aromatic N) is 2. The number of methoxy groups -OCH3 is 2. The number of likely N-dealkylation sites (tertiary alicyclic amines) is 1. The van der Waals surface area contributed by atoms with Gasteiger partial charge in [0.05, 0.1) is 35.5 Å². The maximum atomic E-state index is 11.8. The summed E-state index contributed by atoms with van der Waals surface area (Å²) in [7, 11) is 3.29. The number of benzene rings is 3. The van der Waals surface area contributed by atoms with Crippen LogP contribution < -0.4 is 30.2 Å². The van der Waals surface area contributed by atoms with Crippen molar-refractivity contribution < 1.29 is 23.8 Å². The monoisotopic (exact) mass is 755 g/mol. The zero-order chi connectivity index (χ0) is 36.7. The number of aromatic nitrogens is 1. The van der Waals surface area contributed by atoms with Gasteiger partial charge < -0.3 is 30.2 Å². The highest BCUT2D eigenvalue weighted by Gasteiger charge is 2.47. The van der Waals surface area contributed by atoms with Crippen molar-refractivity contribution in [3.05, 3.63) is 93.0 Å². The van der Waals surface area contributed by atoms with E-state index >= 15 is 0 Å². The Morgan fingerprint density at radius 1 is 0.887 bits per heavy atom. The van der Waals surface area contributed by atoms with E-state index in [-0.39, 0.29) is 29.5 Å². The zero-order valence-electron chi connectivity index (χ0n) is 29.9. The molecular formula is C41H43Cl2N5O5. The molecule has 2 amide bonds. The smallest absolute Gasteiger partial charge is 0.220 e. The molecule has 4 aliphatic rings. The number of rotatable bonds is 12. The fourth-order valence-corrected chi connectivity index (χ4v) is 8.93. The van der Waals surface area contributed by atoms with E-state index in [2.05, 4.69) is 51.2 Å². The van der Waals surface area contributed by atoms with Crippen molar-refractivity contribution in [3.8, 4) is 39.8 Å². The molecular weight excluding hydrogens is 713 g/mol. The summed E-state index contributed by atoms with van der Waals surface area (Å²) in [4.78, 5) is 30.5. The zero-order valence-corrected chi connectivity index (χ0v) is 31.4. The predicted molar refractivity (Wildman–Crippen MR) is 205 cm³/mol. The maximum Gasteiger partial charge on any atom is 0.220 e. The molecule has 0 unspecified atom stereocenters. The fraction of sp³-hybridized carbons (Fsp3) is 0.390. The third-order valence-electron chi connectivity index (χ3n) is 11.0. The van der Waals surface area contributed by atoms with E-state index in [0.29, 0.717) is 59.9 Å². The van der Waals surface area contributed by atoms with Crippen molar-refractivity contribution in [3.63, 3.8) is 0 Å². The average molecular weight is 757 g/mol. The van der Waals surface area contributed by atoms with Gasteiger partial charge >= 0.3 is 0 Å². The van der Waals surface area contributed by atoms with Gasteiger partial charge in [0.25, 0.3) is 0 Å². The van der Waals surface area contributed by atoms with Crippen molar-refractivity contribution in [2.45, 2.75) is 69.3 Å². The first kappa shape index (κ1) is 35.7. The van der Waals surface area contributed by atoms with Crippen LogP contribution in [-0.4, -0.2) is 67.1 Å². The molecule has 1 aliphatic carbocycles. The van der Waals surface area contributed by atoms with E-state index < -0.39 is 0 Å². The van der Waals surface area contributed by atoms with E-state index in [0.717, 1.165) is 77.8 Å². The molecule has 0 saturated carbocycles. The molecule has 0 bridgehead atoms. The number of carbonyl (C=O) groups excluding carboxylic acids is 2. The van der Waals surface area contributed by atoms with Crippen LogP contribution >= 0.6 is 23.2 Å². The van der Waals surface area contributed by atoms with E-state index in [9.17, 15) is 9.59 Å². The molecule has 276 valence electrons. The Morgan fingerprint density at radius 3 is 2.45 bits per heavy atom. The SMILES string of the molecule is COc1cc(O[C@H]2CCc3c(-c4cccc(-c5ccc(CN6CC7(CCC(=O)N7)C6)c(OC)n5)c4Cl)cccc32)c(Cl)cc1CNC[C@@H]1CCC(=O)N1. The highest BCUT2D eigenvalue weighted by atomic mass is 35.5. The van der Waals surface area contributed by atoms with Crippen molar-refractivity contribution in [1.29, 1.82) is 0 Å². The Labute approximate surface area is 319 Å². The number of pyridine rings is 1. The van der Waals surface area contributed by atoms with Gasteiger partial charge in [-0.25, -0.2) is 4.98 Å². The topological polar surface area (TPSA) is 114 Å². The van der Waals surface area contributed by atoms with Crippen molar-refractivity contribution in [2.75, 3.05) is 33.9 Å². The molecule has 3 fully saturated rings. The summed E-state index contributed by atoms with van der Waals surface area (Å²) in [5.74, 6) is 2.08. The van der Waals surface area contributed by atoms with Crippen LogP contribution in [0.25, 0.3) is 22.4 Å². The molecule has 12 heteroatoms. The number of hydrogen-bond donors (Lipinski definition) is 3. The summed E-state index contributed by atoms with van der Waals surface area (Å²) in [6.07, 6.45) is 4.35. The Morgan fingerprint density at radius 2 is 1.70 bits per heavy atom. The highest BCUT2D eigenvalue weighted by Crippen LogP contribution is 2.45. The lowest BCUT2D eigenvalue weighted by molar-refractivity contribution is -0.121. The number of halogens is 2. The van der Waals surface area contributed by atoms with Gasteiger partial charge in [-0.1, -0.05) is 65.7 Å².